The Morgan fingerprint density at radius 3 is 2.62 bits per heavy atom. The molecular weight excluding hydrogens is 302 g/mol. The van der Waals surface area contributed by atoms with E-state index in [9.17, 15) is 9.90 Å². The van der Waals surface area contributed by atoms with Gasteiger partial charge in [-0.3, -0.25) is 4.79 Å². The fraction of sp³-hybridized carbons (Fsp3) is 0.632. The van der Waals surface area contributed by atoms with E-state index in [0.717, 1.165) is 45.2 Å². The van der Waals surface area contributed by atoms with Crippen LogP contribution in [0.25, 0.3) is 0 Å². The van der Waals surface area contributed by atoms with Crippen molar-refractivity contribution in [3.8, 4) is 0 Å². The molecule has 2 saturated carbocycles. The molecule has 5 N–H and O–H groups in total. The summed E-state index contributed by atoms with van der Waals surface area (Å²) < 4.78 is 0. The Bertz CT molecular complexity index is 616. The van der Waals surface area contributed by atoms with Crippen molar-refractivity contribution < 1.29 is 9.90 Å². The van der Waals surface area contributed by atoms with Gasteiger partial charge in [0.2, 0.25) is 0 Å². The van der Waals surface area contributed by atoms with Gasteiger partial charge in [0.05, 0.1) is 6.17 Å². The van der Waals surface area contributed by atoms with Crippen LogP contribution in [0.4, 0.5) is 0 Å². The van der Waals surface area contributed by atoms with Crippen molar-refractivity contribution in [2.45, 2.75) is 43.9 Å². The Labute approximate surface area is 143 Å². The first-order valence-electron chi connectivity index (χ1n) is 9.12. The number of hydrogen-bond acceptors (Lipinski definition) is 4. The summed E-state index contributed by atoms with van der Waals surface area (Å²) in [5.41, 5.74) is 5.53. The van der Waals surface area contributed by atoms with Crippen molar-refractivity contribution in [3.63, 3.8) is 0 Å². The number of hydrogen-bond donors (Lipinski definition) is 4. The van der Waals surface area contributed by atoms with E-state index in [2.05, 4.69) is 10.6 Å². The summed E-state index contributed by atoms with van der Waals surface area (Å²) in [5.74, 6) is 0.186. The normalized spacial score (nSPS) is 32.8. The second-order valence-electron chi connectivity index (χ2n) is 7.83. The van der Waals surface area contributed by atoms with Gasteiger partial charge in [0.15, 0.2) is 5.60 Å². The van der Waals surface area contributed by atoms with Crippen LogP contribution in [0, 0.1) is 17.3 Å². The van der Waals surface area contributed by atoms with Crippen molar-refractivity contribution in [2.75, 3.05) is 13.1 Å². The van der Waals surface area contributed by atoms with Crippen LogP contribution in [0.15, 0.2) is 30.3 Å². The third-order valence-corrected chi connectivity index (χ3v) is 6.54. The summed E-state index contributed by atoms with van der Waals surface area (Å²) in [7, 11) is 0. The molecule has 2 aliphatic carbocycles. The molecule has 1 aromatic carbocycles. The lowest BCUT2D eigenvalue weighted by Crippen LogP contribution is -2.57. The minimum Gasteiger partial charge on any atom is -0.375 e. The van der Waals surface area contributed by atoms with E-state index in [4.69, 9.17) is 5.73 Å². The molecule has 0 radical (unpaired) electrons. The molecule has 0 bridgehead atoms. The van der Waals surface area contributed by atoms with Crippen LogP contribution in [0.1, 0.15) is 37.7 Å². The predicted molar refractivity (Wildman–Crippen MR) is 91.8 cm³/mol. The van der Waals surface area contributed by atoms with E-state index in [-0.39, 0.29) is 17.2 Å². The minimum atomic E-state index is -1.48. The van der Waals surface area contributed by atoms with Gasteiger partial charge in [0.25, 0.3) is 5.91 Å². The summed E-state index contributed by atoms with van der Waals surface area (Å²) in [4.78, 5) is 13.1. The average Bonchev–Trinajstić information content (AvgIpc) is 2.99. The summed E-state index contributed by atoms with van der Waals surface area (Å²) in [6, 6.07) is 9.34. The molecule has 1 amide bonds. The number of benzene rings is 1. The van der Waals surface area contributed by atoms with Gasteiger partial charge in [0.1, 0.15) is 0 Å². The Morgan fingerprint density at radius 1 is 1.33 bits per heavy atom. The number of carbonyl (C=O) groups excluding carboxylic acids is 1. The van der Waals surface area contributed by atoms with Crippen molar-refractivity contribution in [1.29, 1.82) is 0 Å². The molecule has 1 aromatic rings. The highest BCUT2D eigenvalue weighted by atomic mass is 16.3. The molecule has 4 rings (SSSR count). The highest BCUT2D eigenvalue weighted by Gasteiger charge is 2.61. The van der Waals surface area contributed by atoms with Crippen LogP contribution in [0.5, 0.6) is 0 Å². The number of aliphatic hydroxyl groups is 1. The highest BCUT2D eigenvalue weighted by molar-refractivity contribution is 5.87. The maximum atomic E-state index is 13.1. The SMILES string of the molecule is NC(NC(=O)[C@](O)(c1ccccc1)C1CCCC1)C12CNCC1C2. The second-order valence-corrected chi connectivity index (χ2v) is 7.83. The molecule has 0 spiro atoms. The molecule has 24 heavy (non-hydrogen) atoms. The summed E-state index contributed by atoms with van der Waals surface area (Å²) in [6.07, 6.45) is 4.55. The number of nitrogens with two attached hydrogens (primary N) is 1. The summed E-state index contributed by atoms with van der Waals surface area (Å²) >= 11 is 0. The largest absolute Gasteiger partial charge is 0.375 e. The van der Waals surface area contributed by atoms with E-state index in [1.165, 1.54) is 0 Å². The zero-order valence-corrected chi connectivity index (χ0v) is 14.0. The van der Waals surface area contributed by atoms with E-state index in [1.54, 1.807) is 0 Å². The smallest absolute Gasteiger partial charge is 0.258 e. The van der Waals surface area contributed by atoms with Crippen molar-refractivity contribution in [1.82, 2.24) is 10.6 Å². The van der Waals surface area contributed by atoms with E-state index >= 15 is 0 Å². The quantitative estimate of drug-likeness (QED) is 0.609. The summed E-state index contributed by atoms with van der Waals surface area (Å²) in [5, 5.41) is 17.8. The van der Waals surface area contributed by atoms with Crippen LogP contribution in [0.3, 0.4) is 0 Å². The van der Waals surface area contributed by atoms with Gasteiger partial charge in [-0.2, -0.15) is 0 Å². The van der Waals surface area contributed by atoms with Crippen molar-refractivity contribution in [2.24, 2.45) is 23.0 Å². The van der Waals surface area contributed by atoms with E-state index in [1.807, 2.05) is 30.3 Å². The molecule has 1 heterocycles. The number of carbonyl (C=O) groups is 1. The lowest BCUT2D eigenvalue weighted by molar-refractivity contribution is -0.148. The fourth-order valence-corrected chi connectivity index (χ4v) is 4.84. The number of nitrogens with one attached hydrogen (secondary N) is 2. The van der Waals surface area contributed by atoms with Gasteiger partial charge in [0, 0.05) is 17.9 Å². The second kappa shape index (κ2) is 5.83. The molecule has 3 aliphatic rings. The van der Waals surface area contributed by atoms with Gasteiger partial charge >= 0.3 is 0 Å². The van der Waals surface area contributed by atoms with Gasteiger partial charge in [-0.25, -0.2) is 0 Å². The molecule has 0 aromatic heterocycles. The van der Waals surface area contributed by atoms with Crippen LogP contribution < -0.4 is 16.4 Å². The molecule has 1 aliphatic heterocycles. The number of amides is 1. The Balaban J connectivity index is 1.57. The topological polar surface area (TPSA) is 87.4 Å². The Kier molecular flexibility index (Phi) is 3.90. The average molecular weight is 329 g/mol. The number of piperidine rings is 1. The van der Waals surface area contributed by atoms with Crippen LogP contribution in [-0.2, 0) is 10.4 Å². The van der Waals surface area contributed by atoms with Crippen LogP contribution in [0.2, 0.25) is 0 Å². The first-order chi connectivity index (χ1) is 11.6. The third-order valence-electron chi connectivity index (χ3n) is 6.54. The van der Waals surface area contributed by atoms with Crippen LogP contribution >= 0.6 is 0 Å². The Hall–Kier alpha value is -1.43. The lowest BCUT2D eigenvalue weighted by Gasteiger charge is -2.35. The maximum absolute atomic E-state index is 13.1. The monoisotopic (exact) mass is 329 g/mol. The van der Waals surface area contributed by atoms with E-state index < -0.39 is 11.8 Å². The first-order valence-corrected chi connectivity index (χ1v) is 9.12. The lowest BCUT2D eigenvalue weighted by atomic mass is 9.79. The Morgan fingerprint density at radius 2 is 2.04 bits per heavy atom. The molecule has 5 nitrogen and oxygen atoms in total. The maximum Gasteiger partial charge on any atom is 0.258 e. The van der Waals surface area contributed by atoms with Gasteiger partial charge in [-0.05, 0) is 37.3 Å². The first kappa shape index (κ1) is 16.1. The van der Waals surface area contributed by atoms with Gasteiger partial charge in [-0.15, -0.1) is 0 Å². The van der Waals surface area contributed by atoms with Gasteiger partial charge < -0.3 is 21.5 Å². The van der Waals surface area contributed by atoms with E-state index in [0.29, 0.717) is 11.5 Å². The van der Waals surface area contributed by atoms with Crippen molar-refractivity contribution >= 4 is 5.91 Å². The zero-order valence-electron chi connectivity index (χ0n) is 14.0. The number of rotatable bonds is 5. The standard InChI is InChI=1S/C19H27N3O2/c20-16(18-10-15(18)11-21-12-18)22-17(23)19(24,14-8-4-5-9-14)13-6-2-1-3-7-13/h1-3,6-7,14-16,21,24H,4-5,8-12,20H2,(H,22,23)/t15?,16?,18?,19-/m0/s1. The van der Waals surface area contributed by atoms with Crippen LogP contribution in [-0.4, -0.2) is 30.3 Å². The molecular formula is C19H27N3O2. The molecule has 1 saturated heterocycles. The molecule has 130 valence electrons. The molecule has 3 fully saturated rings. The van der Waals surface area contributed by atoms with Crippen molar-refractivity contribution in [3.05, 3.63) is 35.9 Å². The molecule has 5 heteroatoms. The molecule has 4 atom stereocenters. The zero-order chi connectivity index (χ0) is 16.8. The minimum absolute atomic E-state index is 0.0110. The van der Waals surface area contributed by atoms with Gasteiger partial charge in [-0.1, -0.05) is 43.2 Å². The molecule has 3 unspecified atom stereocenters. The third kappa shape index (κ3) is 2.38. The predicted octanol–water partition coefficient (Wildman–Crippen LogP) is 1.07. The number of fused-ring (bicyclic) bond motifs is 1. The highest BCUT2D eigenvalue weighted by Crippen LogP contribution is 2.56. The fourth-order valence-electron chi connectivity index (χ4n) is 4.84. The summed E-state index contributed by atoms with van der Waals surface area (Å²) in [6.45, 7) is 1.83.